The Labute approximate surface area is 194 Å². The molecular weight excluding hydrogens is 404 g/mol. The number of esters is 1. The largest absolute Gasteiger partial charge is 0.465 e. The van der Waals surface area contributed by atoms with Crippen molar-refractivity contribution in [2.75, 3.05) is 33.8 Å². The second kappa shape index (κ2) is 15.0. The molecule has 0 spiro atoms. The highest BCUT2D eigenvalue weighted by Gasteiger charge is 2.41. The van der Waals surface area contributed by atoms with Gasteiger partial charge in [-0.05, 0) is 46.3 Å². The van der Waals surface area contributed by atoms with E-state index in [4.69, 9.17) is 4.74 Å². The quantitative estimate of drug-likeness (QED) is 0.183. The van der Waals surface area contributed by atoms with E-state index in [2.05, 4.69) is 51.8 Å². The van der Waals surface area contributed by atoms with Crippen molar-refractivity contribution >= 4 is 20.0 Å². The summed E-state index contributed by atoms with van der Waals surface area (Å²) in [7, 11) is 2.63. The lowest BCUT2D eigenvalue weighted by atomic mass is 9.97. The number of ether oxygens (including phenoxy) is 1. The van der Waals surface area contributed by atoms with Gasteiger partial charge in [-0.1, -0.05) is 78.1 Å². The fourth-order valence-electron chi connectivity index (χ4n) is 5.09. The van der Waals surface area contributed by atoms with Gasteiger partial charge < -0.3 is 15.0 Å². The Kier molecular flexibility index (Phi) is 14.6. The van der Waals surface area contributed by atoms with Gasteiger partial charge in [0.2, 0.25) is 5.91 Å². The molecule has 5 nitrogen and oxygen atoms in total. The number of nitrogens with one attached hydrogen (secondary N) is 1. The lowest BCUT2D eigenvalue weighted by Crippen LogP contribution is -2.44. The first kappa shape index (κ1) is 30.1. The molecule has 31 heavy (non-hydrogen) atoms. The van der Waals surface area contributed by atoms with Gasteiger partial charge in [0.05, 0.1) is 20.6 Å². The number of nitrogens with zero attached hydrogens (tertiary/aromatic N) is 1. The molecule has 0 saturated heterocycles. The summed E-state index contributed by atoms with van der Waals surface area (Å²) in [6.45, 7) is 20.3. The van der Waals surface area contributed by atoms with Gasteiger partial charge in [-0.3, -0.25) is 9.59 Å². The van der Waals surface area contributed by atoms with E-state index in [9.17, 15) is 9.59 Å². The molecule has 0 aliphatic rings. The van der Waals surface area contributed by atoms with E-state index < -0.39 is 8.07 Å². The standard InChI is InChI=1S/C25H52N2O3Si/c1-19(2)31(20(3)4,21(5)6)18-12-17-30-25(29)23(8)14-13-22(7)24(28)26-15-11-16-27(9)10/h19-23H,11-18H2,1-10H3,(H,26,28). The Morgan fingerprint density at radius 3 is 1.84 bits per heavy atom. The average Bonchev–Trinajstić information content (AvgIpc) is 2.67. The maximum Gasteiger partial charge on any atom is 0.308 e. The van der Waals surface area contributed by atoms with Crippen LogP contribution < -0.4 is 5.32 Å². The number of rotatable bonds is 16. The molecular formula is C25H52N2O3Si. The van der Waals surface area contributed by atoms with Gasteiger partial charge in [-0.15, -0.1) is 0 Å². The number of carbonyl (C=O) groups is 2. The van der Waals surface area contributed by atoms with Crippen molar-refractivity contribution < 1.29 is 14.3 Å². The zero-order chi connectivity index (χ0) is 24.2. The van der Waals surface area contributed by atoms with Crippen molar-refractivity contribution in [1.29, 1.82) is 0 Å². The van der Waals surface area contributed by atoms with Crippen LogP contribution in [0.1, 0.15) is 81.1 Å². The van der Waals surface area contributed by atoms with Gasteiger partial charge in [0, 0.05) is 12.5 Å². The van der Waals surface area contributed by atoms with E-state index in [1.54, 1.807) is 0 Å². The van der Waals surface area contributed by atoms with Gasteiger partial charge in [0.25, 0.3) is 0 Å². The number of hydrogen-bond donors (Lipinski definition) is 1. The summed E-state index contributed by atoms with van der Waals surface area (Å²) in [6.07, 6.45) is 3.31. The number of hydrogen-bond acceptors (Lipinski definition) is 4. The molecule has 2 unspecified atom stereocenters. The van der Waals surface area contributed by atoms with E-state index in [-0.39, 0.29) is 23.7 Å². The molecule has 0 fully saturated rings. The summed E-state index contributed by atoms with van der Waals surface area (Å²) in [4.78, 5) is 26.7. The summed E-state index contributed by atoms with van der Waals surface area (Å²) in [5.74, 6) is -0.281. The maximum absolute atomic E-state index is 12.4. The SMILES string of the molecule is CC(CCC(C)C(=O)OCCC[Si](C(C)C)(C(C)C)C(C)C)C(=O)NCCCN(C)C. The fourth-order valence-corrected chi connectivity index (χ4v) is 11.6. The molecule has 0 saturated carbocycles. The van der Waals surface area contributed by atoms with Gasteiger partial charge in [0.15, 0.2) is 0 Å². The van der Waals surface area contributed by atoms with Crippen LogP contribution in [0.4, 0.5) is 0 Å². The van der Waals surface area contributed by atoms with Gasteiger partial charge >= 0.3 is 5.97 Å². The summed E-state index contributed by atoms with van der Waals surface area (Å²) in [6, 6.07) is 1.21. The first-order valence-electron chi connectivity index (χ1n) is 12.4. The molecule has 184 valence electrons. The van der Waals surface area contributed by atoms with Gasteiger partial charge in [-0.2, -0.15) is 0 Å². The van der Waals surface area contributed by atoms with Crippen molar-refractivity contribution in [2.45, 2.75) is 104 Å². The van der Waals surface area contributed by atoms with E-state index in [1.807, 2.05) is 27.9 Å². The lowest BCUT2D eigenvalue weighted by molar-refractivity contribution is -0.148. The van der Waals surface area contributed by atoms with Crippen LogP contribution in [0.15, 0.2) is 0 Å². The predicted octanol–water partition coefficient (Wildman–Crippen LogP) is 5.72. The van der Waals surface area contributed by atoms with Crippen molar-refractivity contribution in [3.63, 3.8) is 0 Å². The van der Waals surface area contributed by atoms with Crippen molar-refractivity contribution in [3.8, 4) is 0 Å². The van der Waals surface area contributed by atoms with Gasteiger partial charge in [-0.25, -0.2) is 0 Å². The monoisotopic (exact) mass is 456 g/mol. The van der Waals surface area contributed by atoms with Crippen LogP contribution >= 0.6 is 0 Å². The van der Waals surface area contributed by atoms with E-state index in [0.29, 0.717) is 26.0 Å². The van der Waals surface area contributed by atoms with E-state index in [0.717, 1.165) is 36.0 Å². The van der Waals surface area contributed by atoms with E-state index in [1.165, 1.54) is 6.04 Å². The molecule has 0 heterocycles. The first-order chi connectivity index (χ1) is 14.4. The van der Waals surface area contributed by atoms with Crippen LogP contribution in [0, 0.1) is 11.8 Å². The summed E-state index contributed by atoms with van der Waals surface area (Å²) < 4.78 is 5.61. The highest BCUT2D eigenvalue weighted by Crippen LogP contribution is 2.45. The fraction of sp³-hybridized carbons (Fsp3) is 0.920. The van der Waals surface area contributed by atoms with Crippen molar-refractivity contribution in [3.05, 3.63) is 0 Å². The zero-order valence-electron chi connectivity index (χ0n) is 22.2. The highest BCUT2D eigenvalue weighted by molar-refractivity contribution is 6.83. The predicted molar refractivity (Wildman–Crippen MR) is 135 cm³/mol. The molecule has 6 heteroatoms. The Bertz CT molecular complexity index is 499. The minimum atomic E-state index is -1.43. The molecule has 0 aromatic carbocycles. The Morgan fingerprint density at radius 1 is 0.839 bits per heavy atom. The van der Waals surface area contributed by atoms with Crippen LogP contribution in [0.25, 0.3) is 0 Å². The Hall–Kier alpha value is -0.883. The molecule has 0 rings (SSSR count). The second-order valence-corrected chi connectivity index (χ2v) is 16.9. The molecule has 1 N–H and O–H groups in total. The molecule has 0 radical (unpaired) electrons. The Balaban J connectivity index is 4.31. The third-order valence-corrected chi connectivity index (χ3v) is 14.9. The summed E-state index contributed by atoms with van der Waals surface area (Å²) in [5.41, 5.74) is 2.20. The topological polar surface area (TPSA) is 58.6 Å². The minimum Gasteiger partial charge on any atom is -0.465 e. The Morgan fingerprint density at radius 2 is 1.35 bits per heavy atom. The molecule has 0 bridgehead atoms. The molecule has 0 aromatic heterocycles. The van der Waals surface area contributed by atoms with Crippen molar-refractivity contribution in [1.82, 2.24) is 10.2 Å². The molecule has 0 aliphatic carbocycles. The van der Waals surface area contributed by atoms with Crippen LogP contribution in [0.3, 0.4) is 0 Å². The molecule has 0 aliphatic heterocycles. The van der Waals surface area contributed by atoms with E-state index >= 15 is 0 Å². The first-order valence-corrected chi connectivity index (χ1v) is 14.9. The molecule has 2 atom stereocenters. The second-order valence-electron chi connectivity index (χ2n) is 10.7. The highest BCUT2D eigenvalue weighted by atomic mass is 28.3. The van der Waals surface area contributed by atoms with Gasteiger partial charge in [0.1, 0.15) is 0 Å². The lowest BCUT2D eigenvalue weighted by Gasteiger charge is -2.43. The smallest absolute Gasteiger partial charge is 0.308 e. The van der Waals surface area contributed by atoms with Crippen LogP contribution in [-0.2, 0) is 14.3 Å². The average molecular weight is 457 g/mol. The summed E-state index contributed by atoms with van der Waals surface area (Å²) in [5, 5.41) is 3.00. The molecule has 1 amide bonds. The van der Waals surface area contributed by atoms with Crippen molar-refractivity contribution in [2.24, 2.45) is 11.8 Å². The maximum atomic E-state index is 12.4. The third kappa shape index (κ3) is 10.5. The van der Waals surface area contributed by atoms with Crippen LogP contribution in [0.5, 0.6) is 0 Å². The summed E-state index contributed by atoms with van der Waals surface area (Å²) >= 11 is 0. The number of carbonyl (C=O) groups excluding carboxylic acids is 2. The van der Waals surface area contributed by atoms with Crippen LogP contribution in [-0.4, -0.2) is 58.6 Å². The van der Waals surface area contributed by atoms with Crippen LogP contribution in [0.2, 0.25) is 22.7 Å². The minimum absolute atomic E-state index is 0.0793. The third-order valence-electron chi connectivity index (χ3n) is 7.19. The molecule has 0 aromatic rings. The number of amides is 1. The normalized spacial score (nSPS) is 14.4. The zero-order valence-corrected chi connectivity index (χ0v) is 23.2.